The number of nitrogens with zero attached hydrogens (tertiary/aromatic N) is 2. The molecule has 0 spiro atoms. The van der Waals surface area contributed by atoms with Gasteiger partial charge in [0.25, 0.3) is 0 Å². The van der Waals surface area contributed by atoms with Gasteiger partial charge in [0.15, 0.2) is 5.82 Å². The molecule has 19 heavy (non-hydrogen) atoms. The summed E-state index contributed by atoms with van der Waals surface area (Å²) in [5.41, 5.74) is 0.175. The first-order valence-corrected chi connectivity index (χ1v) is 7.55. The molecular weight excluding hydrogens is 374 g/mol. The van der Waals surface area contributed by atoms with Gasteiger partial charge in [-0.15, -0.1) is 11.3 Å². The molecule has 2 aromatic heterocycles. The molecule has 0 saturated carbocycles. The molecule has 0 saturated heterocycles. The number of fused-ring (bicyclic) bond motifs is 1. The van der Waals surface area contributed by atoms with Gasteiger partial charge in [-0.2, -0.15) is 0 Å². The van der Waals surface area contributed by atoms with Gasteiger partial charge in [0.2, 0.25) is 0 Å². The fourth-order valence-electron chi connectivity index (χ4n) is 1.68. The zero-order valence-electron chi connectivity index (χ0n) is 9.12. The van der Waals surface area contributed by atoms with Crippen LogP contribution >= 0.6 is 50.5 Å². The molecule has 0 amide bonds. The van der Waals surface area contributed by atoms with Crippen molar-refractivity contribution < 1.29 is 4.39 Å². The van der Waals surface area contributed by atoms with Gasteiger partial charge in [-0.3, -0.25) is 0 Å². The SMILES string of the molecule is Fc1ccc(Br)c2c(Cl)nc(-c3sccc3Cl)nc12. The molecule has 0 aliphatic heterocycles. The summed E-state index contributed by atoms with van der Waals surface area (Å²) in [6.07, 6.45) is 0. The highest BCUT2D eigenvalue weighted by atomic mass is 79.9. The molecular formula is C12H4BrCl2FN2S. The summed E-state index contributed by atoms with van der Waals surface area (Å²) < 4.78 is 14.5. The van der Waals surface area contributed by atoms with Crippen molar-refractivity contribution >= 4 is 61.4 Å². The Morgan fingerprint density at radius 1 is 1.16 bits per heavy atom. The van der Waals surface area contributed by atoms with E-state index in [0.717, 1.165) is 0 Å². The fourth-order valence-corrected chi connectivity index (χ4v) is 3.65. The van der Waals surface area contributed by atoms with E-state index in [9.17, 15) is 4.39 Å². The Morgan fingerprint density at radius 2 is 1.95 bits per heavy atom. The van der Waals surface area contributed by atoms with Crippen LogP contribution in [0.25, 0.3) is 21.6 Å². The smallest absolute Gasteiger partial charge is 0.173 e. The third kappa shape index (κ3) is 2.25. The van der Waals surface area contributed by atoms with E-state index < -0.39 is 5.82 Å². The van der Waals surface area contributed by atoms with Crippen molar-refractivity contribution in [3.63, 3.8) is 0 Å². The summed E-state index contributed by atoms with van der Waals surface area (Å²) in [5.74, 6) is -0.120. The van der Waals surface area contributed by atoms with Crippen molar-refractivity contribution in [3.8, 4) is 10.7 Å². The van der Waals surface area contributed by atoms with Crippen molar-refractivity contribution in [1.29, 1.82) is 0 Å². The third-order valence-corrected chi connectivity index (χ3v) is 4.80. The van der Waals surface area contributed by atoms with Gasteiger partial charge >= 0.3 is 0 Å². The van der Waals surface area contributed by atoms with E-state index in [4.69, 9.17) is 23.2 Å². The second kappa shape index (κ2) is 4.98. The summed E-state index contributed by atoms with van der Waals surface area (Å²) in [6, 6.07) is 4.64. The van der Waals surface area contributed by atoms with Crippen LogP contribution in [-0.2, 0) is 0 Å². The zero-order chi connectivity index (χ0) is 13.6. The van der Waals surface area contributed by atoms with E-state index in [2.05, 4.69) is 25.9 Å². The van der Waals surface area contributed by atoms with E-state index in [1.807, 2.05) is 5.38 Å². The Bertz CT molecular complexity index is 791. The topological polar surface area (TPSA) is 25.8 Å². The van der Waals surface area contributed by atoms with E-state index in [1.54, 1.807) is 12.1 Å². The van der Waals surface area contributed by atoms with Crippen LogP contribution in [0.15, 0.2) is 28.1 Å². The molecule has 0 bridgehead atoms. The maximum absolute atomic E-state index is 13.9. The standard InChI is InChI=1S/C12H4BrCl2FN2S/c13-5-1-2-7(16)9-8(5)11(15)18-12(17-9)10-6(14)3-4-19-10/h1-4H. The molecule has 1 aromatic carbocycles. The van der Waals surface area contributed by atoms with E-state index in [0.29, 0.717) is 25.6 Å². The Kier molecular flexibility index (Phi) is 3.47. The summed E-state index contributed by atoms with van der Waals surface area (Å²) >= 11 is 16.9. The number of aromatic nitrogens is 2. The lowest BCUT2D eigenvalue weighted by molar-refractivity contribution is 0.636. The molecule has 0 fully saturated rings. The molecule has 3 aromatic rings. The Morgan fingerprint density at radius 3 is 2.63 bits per heavy atom. The monoisotopic (exact) mass is 376 g/mol. The molecule has 2 heterocycles. The predicted molar refractivity (Wildman–Crippen MR) is 80.5 cm³/mol. The average Bonchev–Trinajstić information content (AvgIpc) is 2.79. The van der Waals surface area contributed by atoms with Crippen molar-refractivity contribution in [3.05, 3.63) is 44.0 Å². The minimum Gasteiger partial charge on any atom is -0.224 e. The first-order chi connectivity index (χ1) is 9.08. The minimum atomic E-state index is -0.448. The predicted octanol–water partition coefficient (Wildman–Crippen LogP) is 5.57. The van der Waals surface area contributed by atoms with Gasteiger partial charge in [-0.1, -0.05) is 23.2 Å². The first kappa shape index (κ1) is 13.2. The lowest BCUT2D eigenvalue weighted by Gasteiger charge is -2.06. The van der Waals surface area contributed by atoms with E-state index >= 15 is 0 Å². The van der Waals surface area contributed by atoms with Gasteiger partial charge in [0, 0.05) is 4.47 Å². The van der Waals surface area contributed by atoms with Crippen molar-refractivity contribution in [2.45, 2.75) is 0 Å². The van der Waals surface area contributed by atoms with Crippen LogP contribution < -0.4 is 0 Å². The molecule has 2 nitrogen and oxygen atoms in total. The Balaban J connectivity index is 2.37. The van der Waals surface area contributed by atoms with Crippen molar-refractivity contribution in [2.75, 3.05) is 0 Å². The molecule has 0 N–H and O–H groups in total. The number of hydrogen-bond donors (Lipinski definition) is 0. The largest absolute Gasteiger partial charge is 0.224 e. The van der Waals surface area contributed by atoms with Gasteiger partial charge in [0.1, 0.15) is 16.5 Å². The quantitative estimate of drug-likeness (QED) is 0.518. The molecule has 0 aliphatic rings. The zero-order valence-corrected chi connectivity index (χ0v) is 13.0. The van der Waals surface area contributed by atoms with Gasteiger partial charge < -0.3 is 0 Å². The van der Waals surface area contributed by atoms with Crippen LogP contribution in [0.1, 0.15) is 0 Å². The summed E-state index contributed by atoms with van der Waals surface area (Å²) in [7, 11) is 0. The molecule has 3 rings (SSSR count). The maximum atomic E-state index is 13.9. The van der Waals surface area contributed by atoms with Crippen LogP contribution in [-0.4, -0.2) is 9.97 Å². The molecule has 0 aliphatic carbocycles. The third-order valence-electron chi connectivity index (χ3n) is 2.53. The van der Waals surface area contributed by atoms with Crippen LogP contribution in [0, 0.1) is 5.82 Å². The lowest BCUT2D eigenvalue weighted by atomic mass is 10.2. The summed E-state index contributed by atoms with van der Waals surface area (Å²) in [6.45, 7) is 0. The Hall–Kier alpha value is -0.750. The highest BCUT2D eigenvalue weighted by Gasteiger charge is 2.16. The van der Waals surface area contributed by atoms with E-state index in [-0.39, 0.29) is 10.7 Å². The highest BCUT2D eigenvalue weighted by molar-refractivity contribution is 9.10. The average molecular weight is 378 g/mol. The number of benzene rings is 1. The number of halogens is 4. The molecule has 96 valence electrons. The fraction of sp³-hybridized carbons (Fsp3) is 0. The first-order valence-electron chi connectivity index (χ1n) is 5.12. The van der Waals surface area contributed by atoms with Crippen molar-refractivity contribution in [2.24, 2.45) is 0 Å². The maximum Gasteiger partial charge on any atom is 0.173 e. The van der Waals surface area contributed by atoms with E-state index in [1.165, 1.54) is 17.4 Å². The minimum absolute atomic E-state index is 0.175. The molecule has 0 unspecified atom stereocenters. The molecule has 0 atom stereocenters. The van der Waals surface area contributed by atoms with Crippen LogP contribution in [0.2, 0.25) is 10.2 Å². The Labute approximate surface area is 130 Å². The number of hydrogen-bond acceptors (Lipinski definition) is 3. The van der Waals surface area contributed by atoms with Crippen LogP contribution in [0.5, 0.6) is 0 Å². The van der Waals surface area contributed by atoms with Crippen LogP contribution in [0.4, 0.5) is 4.39 Å². The number of thiophene rings is 1. The van der Waals surface area contributed by atoms with Crippen LogP contribution in [0.3, 0.4) is 0 Å². The van der Waals surface area contributed by atoms with Gasteiger partial charge in [-0.25, -0.2) is 14.4 Å². The molecule has 0 radical (unpaired) electrons. The summed E-state index contributed by atoms with van der Waals surface area (Å²) in [4.78, 5) is 9.09. The second-order valence-electron chi connectivity index (χ2n) is 3.69. The van der Waals surface area contributed by atoms with Crippen molar-refractivity contribution in [1.82, 2.24) is 9.97 Å². The molecule has 7 heteroatoms. The highest BCUT2D eigenvalue weighted by Crippen LogP contribution is 2.35. The van der Waals surface area contributed by atoms with Gasteiger partial charge in [0.05, 0.1) is 15.3 Å². The number of rotatable bonds is 1. The van der Waals surface area contributed by atoms with Gasteiger partial charge in [-0.05, 0) is 39.5 Å². The normalized spacial score (nSPS) is 11.2. The summed E-state index contributed by atoms with van der Waals surface area (Å²) in [5, 5.41) is 2.99. The lowest BCUT2D eigenvalue weighted by Crippen LogP contribution is -1.94. The second-order valence-corrected chi connectivity index (χ2v) is 6.22.